The zero-order valence-corrected chi connectivity index (χ0v) is 12.5. The maximum Gasteiger partial charge on any atom is 0.267 e. The second-order valence-electron chi connectivity index (χ2n) is 4.46. The molecule has 20 heavy (non-hydrogen) atoms. The number of hydrogen-bond acceptors (Lipinski definition) is 4. The predicted octanol–water partition coefficient (Wildman–Crippen LogP) is 1.26. The molecule has 0 saturated carbocycles. The third-order valence-electron chi connectivity index (χ3n) is 3.04. The van der Waals surface area contributed by atoms with Crippen LogP contribution in [0.1, 0.15) is 11.4 Å². The topological polar surface area (TPSA) is 78.1 Å². The summed E-state index contributed by atoms with van der Waals surface area (Å²) in [5.41, 5.74) is 1.65. The van der Waals surface area contributed by atoms with Crippen LogP contribution in [0.2, 0.25) is 0 Å². The van der Waals surface area contributed by atoms with Gasteiger partial charge >= 0.3 is 0 Å². The van der Waals surface area contributed by atoms with Gasteiger partial charge < -0.3 is 5.32 Å². The summed E-state index contributed by atoms with van der Waals surface area (Å²) in [6.07, 6.45) is 0. The second kappa shape index (κ2) is 5.64. The van der Waals surface area contributed by atoms with E-state index in [1.165, 1.54) is 4.31 Å². The fourth-order valence-electron chi connectivity index (χ4n) is 2.01. The first-order valence-corrected chi connectivity index (χ1v) is 7.65. The first-order valence-electron chi connectivity index (χ1n) is 6.21. The highest BCUT2D eigenvalue weighted by atomic mass is 32.2. The Hall–Kier alpha value is -1.86. The van der Waals surface area contributed by atoms with Crippen LogP contribution in [0.5, 0.6) is 0 Å². The van der Waals surface area contributed by atoms with E-state index >= 15 is 0 Å². The summed E-state index contributed by atoms with van der Waals surface area (Å²) in [5.74, 6) is 0. The van der Waals surface area contributed by atoms with E-state index < -0.39 is 10.0 Å². The molecule has 0 atom stereocenters. The minimum Gasteiger partial charge on any atom is -0.314 e. The molecule has 2 N–H and O–H groups in total. The average molecular weight is 294 g/mol. The van der Waals surface area contributed by atoms with E-state index in [0.717, 1.165) is 0 Å². The summed E-state index contributed by atoms with van der Waals surface area (Å²) in [4.78, 5) is 0.234. The van der Waals surface area contributed by atoms with Gasteiger partial charge in [0.15, 0.2) is 0 Å². The Labute approximate surface area is 118 Å². The number of nitrogens with zero attached hydrogens (tertiary/aromatic N) is 2. The highest BCUT2D eigenvalue weighted by molar-refractivity contribution is 7.92. The van der Waals surface area contributed by atoms with Crippen molar-refractivity contribution in [1.29, 1.82) is 0 Å². The van der Waals surface area contributed by atoms with Gasteiger partial charge in [0.05, 0.1) is 17.1 Å². The number of H-pyrrole nitrogens is 1. The number of benzene rings is 1. The van der Waals surface area contributed by atoms with Crippen LogP contribution in [0.3, 0.4) is 0 Å². The molecule has 7 heteroatoms. The van der Waals surface area contributed by atoms with Gasteiger partial charge in [0, 0.05) is 13.6 Å². The van der Waals surface area contributed by atoms with E-state index in [0.29, 0.717) is 23.6 Å². The lowest BCUT2D eigenvalue weighted by Crippen LogP contribution is -2.28. The Bertz CT molecular complexity index is 680. The summed E-state index contributed by atoms with van der Waals surface area (Å²) in [6.45, 7) is 2.10. The first-order chi connectivity index (χ1) is 9.48. The van der Waals surface area contributed by atoms with E-state index in [4.69, 9.17) is 0 Å². The van der Waals surface area contributed by atoms with Crippen molar-refractivity contribution in [3.8, 4) is 0 Å². The fraction of sp³-hybridized carbons (Fsp3) is 0.308. The number of sulfonamides is 1. The van der Waals surface area contributed by atoms with E-state index in [1.807, 2.05) is 6.07 Å². The number of aromatic nitrogens is 2. The van der Waals surface area contributed by atoms with Crippen LogP contribution in [0, 0.1) is 6.92 Å². The minimum atomic E-state index is -3.63. The molecule has 0 spiro atoms. The number of rotatable bonds is 5. The molecule has 0 bridgehead atoms. The van der Waals surface area contributed by atoms with Gasteiger partial charge in [0.1, 0.15) is 4.90 Å². The highest BCUT2D eigenvalue weighted by Gasteiger charge is 2.28. The SMILES string of the molecule is CNCc1n[nH]c(C)c1S(=O)(=O)N(C)c1ccccc1. The van der Waals surface area contributed by atoms with Crippen LogP contribution in [-0.2, 0) is 16.6 Å². The van der Waals surface area contributed by atoms with Crippen molar-refractivity contribution < 1.29 is 8.42 Å². The molecule has 0 fully saturated rings. The van der Waals surface area contributed by atoms with Crippen LogP contribution in [-0.4, -0.2) is 32.7 Å². The molecule has 6 nitrogen and oxygen atoms in total. The first kappa shape index (κ1) is 14.5. The highest BCUT2D eigenvalue weighted by Crippen LogP contribution is 2.25. The zero-order chi connectivity index (χ0) is 14.8. The van der Waals surface area contributed by atoms with Crippen molar-refractivity contribution in [2.75, 3.05) is 18.4 Å². The van der Waals surface area contributed by atoms with Gasteiger partial charge in [-0.25, -0.2) is 8.42 Å². The Morgan fingerprint density at radius 3 is 2.55 bits per heavy atom. The van der Waals surface area contributed by atoms with Crippen LogP contribution < -0.4 is 9.62 Å². The largest absolute Gasteiger partial charge is 0.314 e. The standard InChI is InChI=1S/C13H18N4O2S/c1-10-13(12(9-14-2)16-15-10)20(18,19)17(3)11-7-5-4-6-8-11/h4-8,14H,9H2,1-3H3,(H,15,16). The van der Waals surface area contributed by atoms with Gasteiger partial charge in [0.25, 0.3) is 10.0 Å². The number of anilines is 1. The Balaban J connectivity index is 2.48. The number of nitrogens with one attached hydrogen (secondary N) is 2. The molecular formula is C13H18N4O2S. The third kappa shape index (κ3) is 2.54. The molecule has 0 radical (unpaired) electrons. The summed E-state index contributed by atoms with van der Waals surface area (Å²) in [7, 11) is -0.339. The molecule has 2 rings (SSSR count). The maximum absolute atomic E-state index is 12.7. The normalized spacial score (nSPS) is 11.6. The van der Waals surface area contributed by atoms with Crippen molar-refractivity contribution in [2.24, 2.45) is 0 Å². The summed E-state index contributed by atoms with van der Waals surface area (Å²) in [5, 5.41) is 9.72. The molecule has 1 aromatic heterocycles. The lowest BCUT2D eigenvalue weighted by Gasteiger charge is -2.19. The van der Waals surface area contributed by atoms with E-state index in [9.17, 15) is 8.42 Å². The Kier molecular flexibility index (Phi) is 4.10. The predicted molar refractivity (Wildman–Crippen MR) is 78.1 cm³/mol. The molecule has 2 aromatic rings. The van der Waals surface area contributed by atoms with Gasteiger partial charge in [0.2, 0.25) is 0 Å². The molecule has 0 saturated heterocycles. The number of para-hydroxylation sites is 1. The van der Waals surface area contributed by atoms with E-state index in [-0.39, 0.29) is 4.90 Å². The zero-order valence-electron chi connectivity index (χ0n) is 11.7. The number of aromatic amines is 1. The van der Waals surface area contributed by atoms with Crippen molar-refractivity contribution in [3.63, 3.8) is 0 Å². The molecule has 1 heterocycles. The Morgan fingerprint density at radius 2 is 1.95 bits per heavy atom. The van der Waals surface area contributed by atoms with Gasteiger partial charge in [-0.05, 0) is 26.1 Å². The smallest absolute Gasteiger partial charge is 0.267 e. The van der Waals surface area contributed by atoms with Crippen LogP contribution in [0.25, 0.3) is 0 Å². The monoisotopic (exact) mass is 294 g/mol. The molecule has 0 aliphatic heterocycles. The molecule has 0 aliphatic rings. The van der Waals surface area contributed by atoms with Gasteiger partial charge in [-0.3, -0.25) is 9.40 Å². The van der Waals surface area contributed by atoms with Gasteiger partial charge in [-0.1, -0.05) is 18.2 Å². The van der Waals surface area contributed by atoms with Crippen molar-refractivity contribution >= 4 is 15.7 Å². The maximum atomic E-state index is 12.7. The fourth-order valence-corrected chi connectivity index (χ4v) is 3.53. The van der Waals surface area contributed by atoms with Crippen LogP contribution >= 0.6 is 0 Å². The summed E-state index contributed by atoms with van der Waals surface area (Å²) >= 11 is 0. The lowest BCUT2D eigenvalue weighted by atomic mass is 10.3. The molecule has 0 unspecified atom stereocenters. The summed E-state index contributed by atoms with van der Waals surface area (Å²) < 4.78 is 26.8. The Morgan fingerprint density at radius 1 is 1.30 bits per heavy atom. The van der Waals surface area contributed by atoms with Gasteiger partial charge in [-0.2, -0.15) is 5.10 Å². The average Bonchev–Trinajstić information content (AvgIpc) is 2.81. The van der Waals surface area contributed by atoms with Crippen LogP contribution in [0.4, 0.5) is 5.69 Å². The van der Waals surface area contributed by atoms with Gasteiger partial charge in [-0.15, -0.1) is 0 Å². The molecule has 1 aromatic carbocycles. The number of hydrogen-bond donors (Lipinski definition) is 2. The molecule has 108 valence electrons. The third-order valence-corrected chi connectivity index (χ3v) is 5.03. The van der Waals surface area contributed by atoms with Crippen molar-refractivity contribution in [2.45, 2.75) is 18.4 Å². The van der Waals surface area contributed by atoms with Crippen molar-refractivity contribution in [3.05, 3.63) is 41.7 Å². The summed E-state index contributed by atoms with van der Waals surface area (Å²) in [6, 6.07) is 8.96. The lowest BCUT2D eigenvalue weighted by molar-refractivity contribution is 0.591. The molecular weight excluding hydrogens is 276 g/mol. The minimum absolute atomic E-state index is 0.234. The number of aryl methyl sites for hydroxylation is 1. The molecule has 0 aliphatic carbocycles. The second-order valence-corrected chi connectivity index (χ2v) is 6.37. The quantitative estimate of drug-likeness (QED) is 0.870. The van der Waals surface area contributed by atoms with Crippen molar-refractivity contribution in [1.82, 2.24) is 15.5 Å². The van der Waals surface area contributed by atoms with E-state index in [2.05, 4.69) is 15.5 Å². The van der Waals surface area contributed by atoms with Crippen LogP contribution in [0.15, 0.2) is 35.2 Å². The van der Waals surface area contributed by atoms with E-state index in [1.54, 1.807) is 45.3 Å². The molecule has 0 amide bonds.